The second kappa shape index (κ2) is 4.08. The molecule has 0 atom stereocenters. The SMILES string of the molecule is Nc1ncc(-c2ccc(Br)c(Cl)c2F)s1. The van der Waals surface area contributed by atoms with Crippen LogP contribution in [0.2, 0.25) is 5.02 Å². The van der Waals surface area contributed by atoms with Gasteiger partial charge in [-0.2, -0.15) is 0 Å². The summed E-state index contributed by atoms with van der Waals surface area (Å²) in [5, 5.41) is 0.475. The Hall–Kier alpha value is -0.650. The zero-order valence-electron chi connectivity index (χ0n) is 7.30. The molecule has 0 radical (unpaired) electrons. The number of hydrogen-bond donors (Lipinski definition) is 1. The highest BCUT2D eigenvalue weighted by molar-refractivity contribution is 9.10. The van der Waals surface area contributed by atoms with Crippen molar-refractivity contribution >= 4 is 44.0 Å². The first-order valence-corrected chi connectivity index (χ1v) is 5.93. The van der Waals surface area contributed by atoms with Crippen molar-refractivity contribution in [2.24, 2.45) is 0 Å². The number of rotatable bonds is 1. The maximum atomic E-state index is 13.7. The lowest BCUT2D eigenvalue weighted by atomic mass is 10.2. The van der Waals surface area contributed by atoms with E-state index >= 15 is 0 Å². The van der Waals surface area contributed by atoms with E-state index in [-0.39, 0.29) is 5.02 Å². The molecule has 0 saturated carbocycles. The number of halogens is 3. The van der Waals surface area contributed by atoms with E-state index in [1.54, 1.807) is 12.1 Å². The molecule has 1 heterocycles. The average molecular weight is 308 g/mol. The number of nitrogens with zero attached hydrogens (tertiary/aromatic N) is 1. The molecule has 0 spiro atoms. The highest BCUT2D eigenvalue weighted by atomic mass is 79.9. The molecular weight excluding hydrogens is 303 g/mol. The van der Waals surface area contributed by atoms with Crippen LogP contribution in [0.15, 0.2) is 22.8 Å². The van der Waals surface area contributed by atoms with Gasteiger partial charge in [0.15, 0.2) is 10.9 Å². The average Bonchev–Trinajstić information content (AvgIpc) is 2.61. The standard InChI is InChI=1S/C9H5BrClFN2S/c10-5-2-1-4(8(12)7(5)11)6-3-14-9(13)15-6/h1-3H,(H2,13,14). The Balaban J connectivity index is 2.59. The van der Waals surface area contributed by atoms with Crippen molar-refractivity contribution in [1.29, 1.82) is 0 Å². The first kappa shape index (κ1) is 10.9. The van der Waals surface area contributed by atoms with E-state index < -0.39 is 5.82 Å². The number of nitrogens with two attached hydrogens (primary N) is 1. The number of benzene rings is 1. The predicted octanol–water partition coefficient (Wildman–Crippen LogP) is 3.95. The zero-order valence-corrected chi connectivity index (χ0v) is 10.5. The van der Waals surface area contributed by atoms with Gasteiger partial charge in [-0.1, -0.05) is 22.9 Å². The molecule has 0 unspecified atom stereocenters. The van der Waals surface area contributed by atoms with E-state index in [0.29, 0.717) is 20.0 Å². The van der Waals surface area contributed by atoms with E-state index in [2.05, 4.69) is 20.9 Å². The molecule has 0 aliphatic carbocycles. The Labute approximate surface area is 103 Å². The molecule has 2 rings (SSSR count). The van der Waals surface area contributed by atoms with Crippen LogP contribution in [0.25, 0.3) is 10.4 Å². The van der Waals surface area contributed by atoms with Gasteiger partial charge in [0.1, 0.15) is 0 Å². The van der Waals surface area contributed by atoms with Crippen LogP contribution in [0.4, 0.5) is 9.52 Å². The van der Waals surface area contributed by atoms with Gasteiger partial charge in [0.05, 0.1) is 9.90 Å². The molecule has 2 N–H and O–H groups in total. The fraction of sp³-hybridized carbons (Fsp3) is 0. The summed E-state index contributed by atoms with van der Waals surface area (Å²) in [6.45, 7) is 0. The number of thiazole rings is 1. The van der Waals surface area contributed by atoms with E-state index in [1.165, 1.54) is 17.5 Å². The summed E-state index contributed by atoms with van der Waals surface area (Å²) < 4.78 is 14.3. The third-order valence-electron chi connectivity index (χ3n) is 1.82. The Kier molecular flexibility index (Phi) is 2.95. The molecule has 0 amide bonds. The van der Waals surface area contributed by atoms with Crippen molar-refractivity contribution in [3.8, 4) is 10.4 Å². The van der Waals surface area contributed by atoms with E-state index in [4.69, 9.17) is 17.3 Å². The van der Waals surface area contributed by atoms with Gasteiger partial charge in [0, 0.05) is 16.2 Å². The number of nitrogen functional groups attached to an aromatic ring is 1. The maximum absolute atomic E-state index is 13.7. The van der Waals surface area contributed by atoms with Crippen LogP contribution < -0.4 is 5.73 Å². The third-order valence-corrected chi connectivity index (χ3v) is 3.94. The molecule has 78 valence electrons. The highest BCUT2D eigenvalue weighted by Gasteiger charge is 2.13. The first-order chi connectivity index (χ1) is 7.09. The van der Waals surface area contributed by atoms with Crippen molar-refractivity contribution in [2.75, 3.05) is 5.73 Å². The van der Waals surface area contributed by atoms with E-state index in [9.17, 15) is 4.39 Å². The topological polar surface area (TPSA) is 38.9 Å². The molecular formula is C9H5BrClFN2S. The molecule has 0 saturated heterocycles. The van der Waals surface area contributed by atoms with Crippen LogP contribution >= 0.6 is 38.9 Å². The van der Waals surface area contributed by atoms with Gasteiger partial charge >= 0.3 is 0 Å². The number of hydrogen-bond acceptors (Lipinski definition) is 3. The third kappa shape index (κ3) is 2.00. The molecule has 0 aliphatic heterocycles. The summed E-state index contributed by atoms with van der Waals surface area (Å²) in [5.74, 6) is -0.463. The second-order valence-electron chi connectivity index (χ2n) is 2.79. The largest absolute Gasteiger partial charge is 0.375 e. The van der Waals surface area contributed by atoms with Gasteiger partial charge in [-0.15, -0.1) is 0 Å². The van der Waals surface area contributed by atoms with E-state index in [0.717, 1.165) is 0 Å². The lowest BCUT2D eigenvalue weighted by Gasteiger charge is -2.02. The summed E-state index contributed by atoms with van der Waals surface area (Å²) in [6, 6.07) is 3.33. The van der Waals surface area contributed by atoms with Crippen molar-refractivity contribution in [3.63, 3.8) is 0 Å². The normalized spacial score (nSPS) is 10.6. The Bertz CT molecular complexity index is 515. The Morgan fingerprint density at radius 1 is 1.47 bits per heavy atom. The van der Waals surface area contributed by atoms with Crippen molar-refractivity contribution in [2.45, 2.75) is 0 Å². The minimum Gasteiger partial charge on any atom is -0.375 e. The minimum absolute atomic E-state index is 0.0690. The van der Waals surface area contributed by atoms with Crippen LogP contribution in [0.5, 0.6) is 0 Å². The highest BCUT2D eigenvalue weighted by Crippen LogP contribution is 2.35. The van der Waals surface area contributed by atoms with Crippen molar-refractivity contribution in [1.82, 2.24) is 4.98 Å². The molecule has 6 heteroatoms. The molecule has 1 aromatic heterocycles. The van der Waals surface area contributed by atoms with Crippen LogP contribution in [0.1, 0.15) is 0 Å². The molecule has 1 aromatic carbocycles. The fourth-order valence-corrected chi connectivity index (χ4v) is 2.30. The summed E-state index contributed by atoms with van der Waals surface area (Å²) in [5.41, 5.74) is 5.89. The quantitative estimate of drug-likeness (QED) is 0.810. The van der Waals surface area contributed by atoms with Gasteiger partial charge in [0.2, 0.25) is 0 Å². The fourth-order valence-electron chi connectivity index (χ4n) is 1.13. The zero-order chi connectivity index (χ0) is 11.0. The smallest absolute Gasteiger partial charge is 0.180 e. The molecule has 2 aromatic rings. The van der Waals surface area contributed by atoms with Gasteiger partial charge in [0.25, 0.3) is 0 Å². The predicted molar refractivity (Wildman–Crippen MR) is 64.6 cm³/mol. The molecule has 0 fully saturated rings. The summed E-state index contributed by atoms with van der Waals surface area (Å²) in [7, 11) is 0. The van der Waals surface area contributed by atoms with Crippen LogP contribution in [-0.2, 0) is 0 Å². The summed E-state index contributed by atoms with van der Waals surface area (Å²) in [4.78, 5) is 4.53. The van der Waals surface area contributed by atoms with Crippen LogP contribution in [0.3, 0.4) is 0 Å². The minimum atomic E-state index is -0.463. The van der Waals surface area contributed by atoms with Gasteiger partial charge in [-0.05, 0) is 28.1 Å². The van der Waals surface area contributed by atoms with Gasteiger partial charge in [-0.25, -0.2) is 9.37 Å². The van der Waals surface area contributed by atoms with Gasteiger partial charge in [-0.3, -0.25) is 0 Å². The Morgan fingerprint density at radius 3 is 2.80 bits per heavy atom. The second-order valence-corrected chi connectivity index (χ2v) is 5.08. The van der Waals surface area contributed by atoms with Gasteiger partial charge < -0.3 is 5.73 Å². The molecule has 0 aliphatic rings. The van der Waals surface area contributed by atoms with Crippen molar-refractivity contribution in [3.05, 3.63) is 33.6 Å². The van der Waals surface area contributed by atoms with Crippen LogP contribution in [-0.4, -0.2) is 4.98 Å². The molecule has 0 bridgehead atoms. The lowest BCUT2D eigenvalue weighted by molar-refractivity contribution is 0.631. The maximum Gasteiger partial charge on any atom is 0.180 e. The van der Waals surface area contributed by atoms with Crippen LogP contribution in [0, 0.1) is 5.82 Å². The molecule has 15 heavy (non-hydrogen) atoms. The van der Waals surface area contributed by atoms with Crippen molar-refractivity contribution < 1.29 is 4.39 Å². The summed E-state index contributed by atoms with van der Waals surface area (Å²) >= 11 is 10.1. The molecule has 2 nitrogen and oxygen atoms in total. The number of aromatic nitrogens is 1. The van der Waals surface area contributed by atoms with E-state index in [1.807, 2.05) is 0 Å². The monoisotopic (exact) mass is 306 g/mol. The lowest BCUT2D eigenvalue weighted by Crippen LogP contribution is -1.84. The summed E-state index contributed by atoms with van der Waals surface area (Å²) in [6.07, 6.45) is 1.53. The first-order valence-electron chi connectivity index (χ1n) is 3.95. The Morgan fingerprint density at radius 2 is 2.20 bits per heavy atom. The number of anilines is 1.